The number of aliphatic carboxylic acids is 4. The summed E-state index contributed by atoms with van der Waals surface area (Å²) in [6.07, 6.45) is -0.238. The second-order valence-electron chi connectivity index (χ2n) is 6.30. The highest BCUT2D eigenvalue weighted by atomic mass is 32.1. The zero-order valence-corrected chi connectivity index (χ0v) is 16.6. The molecule has 1 aromatic carbocycles. The topological polar surface area (TPSA) is 168 Å². The van der Waals surface area contributed by atoms with Crippen LogP contribution < -0.4 is 0 Å². The molecular formula is C18H21N3O8S. The van der Waals surface area contributed by atoms with Crippen LogP contribution in [0.25, 0.3) is 0 Å². The third-order valence-electron chi connectivity index (χ3n) is 4.12. The fraction of sp³-hybridized carbons (Fsp3) is 0.389. The van der Waals surface area contributed by atoms with Gasteiger partial charge < -0.3 is 20.4 Å². The van der Waals surface area contributed by atoms with Gasteiger partial charge in [-0.2, -0.15) is 4.99 Å². The molecule has 0 aliphatic heterocycles. The minimum Gasteiger partial charge on any atom is -0.480 e. The van der Waals surface area contributed by atoms with Gasteiger partial charge in [0.15, 0.2) is 0 Å². The minimum absolute atomic E-state index is 0.233. The molecule has 0 saturated carbocycles. The van der Waals surface area contributed by atoms with Crippen molar-refractivity contribution in [3.8, 4) is 0 Å². The molecule has 0 aliphatic carbocycles. The molecule has 1 rings (SSSR count). The van der Waals surface area contributed by atoms with Gasteiger partial charge in [0, 0.05) is 19.5 Å². The number of hydrogen-bond acceptors (Lipinski definition) is 8. The van der Waals surface area contributed by atoms with E-state index in [-0.39, 0.29) is 19.5 Å². The Balaban J connectivity index is 3.29. The van der Waals surface area contributed by atoms with Crippen molar-refractivity contribution >= 4 is 41.3 Å². The average molecular weight is 439 g/mol. The molecule has 0 aromatic heterocycles. The van der Waals surface area contributed by atoms with Crippen LogP contribution in [0.1, 0.15) is 5.56 Å². The molecule has 30 heavy (non-hydrogen) atoms. The summed E-state index contributed by atoms with van der Waals surface area (Å²) in [6.45, 7) is -2.53. The summed E-state index contributed by atoms with van der Waals surface area (Å²) in [5.74, 6) is -5.40. The quantitative estimate of drug-likeness (QED) is 0.227. The number of aliphatic imine (C=N–C) groups is 1. The number of carbonyl (C=O) groups is 4. The van der Waals surface area contributed by atoms with Crippen LogP contribution in [-0.4, -0.2) is 97.7 Å². The summed E-state index contributed by atoms with van der Waals surface area (Å²) >= 11 is 4.60. The number of nitrogens with zero attached hydrogens (tertiary/aromatic N) is 3. The lowest BCUT2D eigenvalue weighted by Gasteiger charge is -2.36. The van der Waals surface area contributed by atoms with Gasteiger partial charge in [-0.1, -0.05) is 30.3 Å². The van der Waals surface area contributed by atoms with E-state index in [2.05, 4.69) is 17.2 Å². The van der Waals surface area contributed by atoms with Gasteiger partial charge in [-0.3, -0.25) is 24.2 Å². The monoisotopic (exact) mass is 439 g/mol. The molecule has 0 radical (unpaired) electrons. The lowest BCUT2D eigenvalue weighted by atomic mass is 9.97. The highest BCUT2D eigenvalue weighted by Gasteiger charge is 2.45. The zero-order chi connectivity index (χ0) is 22.7. The zero-order valence-electron chi connectivity index (χ0n) is 15.8. The molecule has 0 bridgehead atoms. The Bertz CT molecular complexity index is 808. The molecule has 1 aromatic rings. The maximum absolute atomic E-state index is 12.2. The smallest absolute Gasteiger partial charge is 0.348 e. The van der Waals surface area contributed by atoms with E-state index in [1.54, 1.807) is 30.3 Å². The summed E-state index contributed by atoms with van der Waals surface area (Å²) < 4.78 is 0. The summed E-state index contributed by atoms with van der Waals surface area (Å²) in [7, 11) is 0. The molecule has 0 amide bonds. The van der Waals surface area contributed by atoms with Crippen molar-refractivity contribution in [3.63, 3.8) is 0 Å². The van der Waals surface area contributed by atoms with Crippen molar-refractivity contribution in [2.24, 2.45) is 4.99 Å². The minimum atomic E-state index is -2.13. The van der Waals surface area contributed by atoms with Crippen molar-refractivity contribution in [2.75, 3.05) is 32.7 Å². The van der Waals surface area contributed by atoms with E-state index in [1.165, 1.54) is 0 Å². The van der Waals surface area contributed by atoms with Crippen LogP contribution in [0.15, 0.2) is 35.3 Å². The van der Waals surface area contributed by atoms with Gasteiger partial charge in [0.25, 0.3) is 0 Å². The Morgan fingerprint density at radius 1 is 0.900 bits per heavy atom. The molecular weight excluding hydrogens is 418 g/mol. The number of benzene rings is 1. The molecule has 0 aliphatic rings. The van der Waals surface area contributed by atoms with Crippen LogP contribution in [0.3, 0.4) is 0 Å². The fourth-order valence-electron chi connectivity index (χ4n) is 2.85. The predicted octanol–water partition coefficient (Wildman–Crippen LogP) is -0.0294. The maximum atomic E-state index is 12.2. The summed E-state index contributed by atoms with van der Waals surface area (Å²) in [6, 6.07) is 8.34. The van der Waals surface area contributed by atoms with E-state index in [0.29, 0.717) is 5.56 Å². The molecule has 0 saturated heterocycles. The third kappa shape index (κ3) is 7.68. The van der Waals surface area contributed by atoms with E-state index in [4.69, 9.17) is 10.2 Å². The number of carboxylic acids is 4. The van der Waals surface area contributed by atoms with Crippen molar-refractivity contribution in [3.05, 3.63) is 35.9 Å². The first kappa shape index (κ1) is 24.9. The van der Waals surface area contributed by atoms with Crippen LogP contribution in [0.4, 0.5) is 0 Å². The highest BCUT2D eigenvalue weighted by Crippen LogP contribution is 2.24. The Morgan fingerprint density at radius 2 is 1.43 bits per heavy atom. The number of hydrogen-bond donors (Lipinski definition) is 4. The fourth-order valence-corrected chi connectivity index (χ4v) is 3.00. The van der Waals surface area contributed by atoms with Crippen molar-refractivity contribution in [2.45, 2.75) is 12.1 Å². The number of isothiocyanates is 1. The van der Waals surface area contributed by atoms with Crippen molar-refractivity contribution < 1.29 is 39.6 Å². The Morgan fingerprint density at radius 3 is 1.87 bits per heavy atom. The first-order valence-corrected chi connectivity index (χ1v) is 9.00. The standard InChI is InChI=1S/C18H21N3O8S/c22-14(23)9-20(10-15(24)25)6-7-21(11-16(26)27)18(17(28)29,19-12-30)8-13-4-2-1-3-5-13/h1-5H,6-11H2,(H,22,23)(H,24,25)(H,26,27)(H,28,29). The first-order valence-electron chi connectivity index (χ1n) is 8.60. The first-order chi connectivity index (χ1) is 14.1. The van der Waals surface area contributed by atoms with Crippen molar-refractivity contribution in [1.29, 1.82) is 0 Å². The van der Waals surface area contributed by atoms with Gasteiger partial charge >= 0.3 is 23.9 Å². The molecule has 11 nitrogen and oxygen atoms in total. The van der Waals surface area contributed by atoms with Gasteiger partial charge in [-0.25, -0.2) is 4.79 Å². The van der Waals surface area contributed by atoms with Gasteiger partial charge in [0.05, 0.1) is 24.8 Å². The van der Waals surface area contributed by atoms with Crippen LogP contribution in [0, 0.1) is 0 Å². The molecule has 12 heteroatoms. The van der Waals surface area contributed by atoms with E-state index >= 15 is 0 Å². The van der Waals surface area contributed by atoms with E-state index in [9.17, 15) is 29.4 Å². The normalized spacial score (nSPS) is 12.7. The predicted molar refractivity (Wildman–Crippen MR) is 106 cm³/mol. The molecule has 0 heterocycles. The molecule has 0 fully saturated rings. The average Bonchev–Trinajstić information content (AvgIpc) is 2.64. The molecule has 162 valence electrons. The van der Waals surface area contributed by atoms with Gasteiger partial charge in [-0.05, 0) is 17.8 Å². The third-order valence-corrected chi connectivity index (χ3v) is 4.21. The molecule has 1 atom stereocenters. The van der Waals surface area contributed by atoms with Gasteiger partial charge in [0.2, 0.25) is 5.66 Å². The van der Waals surface area contributed by atoms with Crippen LogP contribution in [0.2, 0.25) is 0 Å². The maximum Gasteiger partial charge on any atom is 0.348 e. The molecule has 1 unspecified atom stereocenters. The summed E-state index contributed by atoms with van der Waals surface area (Å²) in [4.78, 5) is 51.4. The van der Waals surface area contributed by atoms with Gasteiger partial charge in [0.1, 0.15) is 0 Å². The number of carboxylic acid groups (broad SMARTS) is 4. The molecule has 0 spiro atoms. The van der Waals surface area contributed by atoms with Gasteiger partial charge in [-0.15, -0.1) is 0 Å². The number of thiocarbonyl (C=S) groups is 1. The summed E-state index contributed by atoms with van der Waals surface area (Å²) in [5.41, 5.74) is -1.59. The van der Waals surface area contributed by atoms with E-state index in [1.807, 2.05) is 5.16 Å². The Hall–Kier alpha value is -3.18. The van der Waals surface area contributed by atoms with Crippen molar-refractivity contribution in [1.82, 2.24) is 9.80 Å². The summed E-state index contributed by atoms with van der Waals surface area (Å²) in [5, 5.41) is 39.2. The van der Waals surface area contributed by atoms with Crippen LogP contribution in [0.5, 0.6) is 0 Å². The Kier molecular flexibility index (Phi) is 9.72. The highest BCUT2D eigenvalue weighted by molar-refractivity contribution is 7.78. The van der Waals surface area contributed by atoms with Crippen LogP contribution in [-0.2, 0) is 25.6 Å². The van der Waals surface area contributed by atoms with E-state index < -0.39 is 49.2 Å². The lowest BCUT2D eigenvalue weighted by Crippen LogP contribution is -2.58. The molecule has 4 N–H and O–H groups in total. The SMILES string of the molecule is O=C(O)CN(CCN(CC(=O)O)C(Cc1ccccc1)(N=C=S)C(=O)O)CC(=O)O. The largest absolute Gasteiger partial charge is 0.480 e. The van der Waals surface area contributed by atoms with Crippen LogP contribution >= 0.6 is 12.2 Å². The second-order valence-corrected chi connectivity index (χ2v) is 6.48. The van der Waals surface area contributed by atoms with E-state index in [0.717, 1.165) is 9.80 Å². The number of rotatable bonds is 14. The second kappa shape index (κ2) is 11.7. The lowest BCUT2D eigenvalue weighted by molar-refractivity contribution is -0.155. The Labute approximate surface area is 176 Å².